The van der Waals surface area contributed by atoms with Crippen molar-refractivity contribution in [1.82, 2.24) is 0 Å². The Morgan fingerprint density at radius 3 is 2.03 bits per heavy atom. The van der Waals surface area contributed by atoms with Crippen LogP contribution in [0.2, 0.25) is 0 Å². The molecular weight excluding hydrogens is 444 g/mol. The van der Waals surface area contributed by atoms with Gasteiger partial charge in [0.15, 0.2) is 17.6 Å². The Labute approximate surface area is 195 Å². The van der Waals surface area contributed by atoms with Crippen LogP contribution in [0.1, 0.15) is 0 Å². The van der Waals surface area contributed by atoms with E-state index in [9.17, 15) is 30.3 Å². The summed E-state index contributed by atoms with van der Waals surface area (Å²) < 4.78 is 16.7. The third-order valence-corrected chi connectivity index (χ3v) is 5.63. The molecule has 1 aliphatic heterocycles. The number of aromatic hydroxyl groups is 1. The molecule has 5 N–H and O–H groups in total. The van der Waals surface area contributed by atoms with Crippen LogP contribution in [-0.4, -0.2) is 69.3 Å². The summed E-state index contributed by atoms with van der Waals surface area (Å²) in [7, 11) is 1.42. The van der Waals surface area contributed by atoms with Gasteiger partial charge in [-0.3, -0.25) is 0 Å². The molecule has 0 unspecified atom stereocenters. The van der Waals surface area contributed by atoms with Crippen LogP contribution in [0.5, 0.6) is 17.2 Å². The first kappa shape index (κ1) is 23.5. The van der Waals surface area contributed by atoms with E-state index in [2.05, 4.69) is 0 Å². The van der Waals surface area contributed by atoms with Gasteiger partial charge in [-0.2, -0.15) is 0 Å². The van der Waals surface area contributed by atoms with Gasteiger partial charge in [0.1, 0.15) is 24.1 Å². The molecule has 0 radical (unpaired) electrons. The molecule has 1 aliphatic rings. The molecule has 0 saturated carbocycles. The van der Waals surface area contributed by atoms with Crippen molar-refractivity contribution in [2.24, 2.45) is 0 Å². The van der Waals surface area contributed by atoms with Gasteiger partial charge in [0.05, 0.1) is 12.7 Å². The van der Waals surface area contributed by atoms with Gasteiger partial charge in [-0.15, -0.1) is 0 Å². The summed E-state index contributed by atoms with van der Waals surface area (Å²) >= 11 is 0. The number of carboxylic acids is 1. The Hall–Kier alpha value is -3.63. The molecule has 1 heterocycles. The zero-order chi connectivity index (χ0) is 24.4. The number of aliphatic carboxylic acids is 1. The van der Waals surface area contributed by atoms with Crippen LogP contribution in [0.3, 0.4) is 0 Å². The maximum atomic E-state index is 11.5. The van der Waals surface area contributed by atoms with Crippen molar-refractivity contribution in [2.45, 2.75) is 30.7 Å². The van der Waals surface area contributed by atoms with Crippen LogP contribution in [0.4, 0.5) is 0 Å². The third-order valence-electron chi connectivity index (χ3n) is 5.63. The highest BCUT2D eigenvalue weighted by molar-refractivity contribution is 5.87. The third kappa shape index (κ3) is 4.29. The monoisotopic (exact) mass is 468 g/mol. The molecular formula is C25H24O9. The van der Waals surface area contributed by atoms with Crippen LogP contribution in [-0.2, 0) is 9.53 Å². The minimum atomic E-state index is -1.86. The second-order valence-electron chi connectivity index (χ2n) is 7.76. The number of aliphatic hydroxyl groups excluding tert-OH is 3. The van der Waals surface area contributed by atoms with Crippen molar-refractivity contribution in [2.75, 3.05) is 7.11 Å². The molecule has 178 valence electrons. The zero-order valence-electron chi connectivity index (χ0n) is 18.1. The van der Waals surface area contributed by atoms with Gasteiger partial charge < -0.3 is 39.7 Å². The molecule has 4 rings (SSSR count). The molecule has 3 aromatic rings. The Bertz CT molecular complexity index is 1150. The van der Waals surface area contributed by atoms with Gasteiger partial charge in [-0.25, -0.2) is 4.79 Å². The molecule has 9 nitrogen and oxygen atoms in total. The smallest absolute Gasteiger partial charge is 0.335 e. The lowest BCUT2D eigenvalue weighted by Gasteiger charge is -2.38. The summed E-state index contributed by atoms with van der Waals surface area (Å²) in [5.41, 5.74) is 1.92. The molecule has 0 amide bonds. The van der Waals surface area contributed by atoms with Gasteiger partial charge in [0.25, 0.3) is 0 Å². The highest BCUT2D eigenvalue weighted by Gasteiger charge is 2.48. The fourth-order valence-electron chi connectivity index (χ4n) is 3.92. The largest absolute Gasteiger partial charge is 0.504 e. The van der Waals surface area contributed by atoms with Gasteiger partial charge >= 0.3 is 5.97 Å². The first-order chi connectivity index (χ1) is 16.3. The number of carboxylic acid groups (broad SMARTS) is 1. The van der Waals surface area contributed by atoms with Crippen LogP contribution in [0.25, 0.3) is 22.3 Å². The number of benzene rings is 3. The number of phenolic OH excluding ortho intramolecular Hbond substituents is 1. The minimum absolute atomic E-state index is 0.0418. The SMILES string of the molecule is COc1c(-c2ccccc2)cc(O[C@H]2O[C@H](C(=O)O)[C@@H](O)[C@H](O)[C@H]2O)c(-c2ccccc2)c1O. The second kappa shape index (κ2) is 9.70. The summed E-state index contributed by atoms with van der Waals surface area (Å²) in [4.78, 5) is 11.5. The first-order valence-electron chi connectivity index (χ1n) is 10.5. The van der Waals surface area contributed by atoms with Gasteiger partial charge in [-0.1, -0.05) is 60.7 Å². The molecule has 1 saturated heterocycles. The van der Waals surface area contributed by atoms with Crippen molar-refractivity contribution in [3.63, 3.8) is 0 Å². The normalized spacial score (nSPS) is 24.4. The minimum Gasteiger partial charge on any atom is -0.504 e. The summed E-state index contributed by atoms with van der Waals surface area (Å²) in [5.74, 6) is -1.55. The number of carbonyl (C=O) groups is 1. The van der Waals surface area contributed by atoms with Crippen molar-refractivity contribution in [3.8, 4) is 39.5 Å². The molecule has 5 atom stereocenters. The number of phenols is 1. The quantitative estimate of drug-likeness (QED) is 0.367. The predicted molar refractivity (Wildman–Crippen MR) is 120 cm³/mol. The topological polar surface area (TPSA) is 146 Å². The fraction of sp³-hybridized carbons (Fsp3) is 0.240. The summed E-state index contributed by atoms with van der Waals surface area (Å²) in [6.45, 7) is 0. The number of hydrogen-bond donors (Lipinski definition) is 5. The van der Waals surface area contributed by atoms with Crippen LogP contribution in [0.15, 0.2) is 66.7 Å². The summed E-state index contributed by atoms with van der Waals surface area (Å²) in [5, 5.41) is 51.1. The summed E-state index contributed by atoms with van der Waals surface area (Å²) in [6, 6.07) is 19.4. The number of ether oxygens (including phenoxy) is 3. The van der Waals surface area contributed by atoms with Crippen molar-refractivity contribution < 1.29 is 44.5 Å². The van der Waals surface area contributed by atoms with E-state index in [-0.39, 0.29) is 22.8 Å². The van der Waals surface area contributed by atoms with Crippen molar-refractivity contribution in [1.29, 1.82) is 0 Å². The van der Waals surface area contributed by atoms with E-state index in [0.29, 0.717) is 16.7 Å². The fourth-order valence-corrected chi connectivity index (χ4v) is 3.92. The molecule has 34 heavy (non-hydrogen) atoms. The predicted octanol–water partition coefficient (Wildman–Crippen LogP) is 2.01. The number of hydrogen-bond acceptors (Lipinski definition) is 8. The van der Waals surface area contributed by atoms with Crippen LogP contribution in [0, 0.1) is 0 Å². The Kier molecular flexibility index (Phi) is 6.71. The standard InChI is InChI=1S/C25H24O9/c1-32-22-15(13-8-4-2-5-9-13)12-16(17(18(22)26)14-10-6-3-7-11-14)33-25-21(29)19(27)20(28)23(34-25)24(30)31/h2-12,19-21,23,25-29H,1H3,(H,30,31)/t19-,20-,21+,23-,25-/m0/s1. The van der Waals surface area contributed by atoms with Gasteiger partial charge in [0.2, 0.25) is 6.29 Å². The van der Waals surface area contributed by atoms with Crippen molar-refractivity contribution >= 4 is 5.97 Å². The molecule has 9 heteroatoms. The first-order valence-corrected chi connectivity index (χ1v) is 10.5. The van der Waals surface area contributed by atoms with E-state index in [0.717, 1.165) is 0 Å². The average molecular weight is 468 g/mol. The second-order valence-corrected chi connectivity index (χ2v) is 7.76. The maximum Gasteiger partial charge on any atom is 0.335 e. The number of methoxy groups -OCH3 is 1. The average Bonchev–Trinajstić information content (AvgIpc) is 2.85. The zero-order valence-corrected chi connectivity index (χ0v) is 18.1. The van der Waals surface area contributed by atoms with E-state index in [1.807, 2.05) is 6.07 Å². The molecule has 0 aliphatic carbocycles. The van der Waals surface area contributed by atoms with E-state index in [4.69, 9.17) is 14.2 Å². The molecule has 0 aromatic heterocycles. The number of aliphatic hydroxyl groups is 3. The van der Waals surface area contributed by atoms with E-state index in [1.54, 1.807) is 60.7 Å². The van der Waals surface area contributed by atoms with E-state index < -0.39 is 36.7 Å². The number of rotatable bonds is 6. The Morgan fingerprint density at radius 2 is 1.47 bits per heavy atom. The lowest BCUT2D eigenvalue weighted by molar-refractivity contribution is -0.271. The molecule has 3 aromatic carbocycles. The lowest BCUT2D eigenvalue weighted by Crippen LogP contribution is -2.61. The van der Waals surface area contributed by atoms with Gasteiger partial charge in [-0.05, 0) is 17.2 Å². The van der Waals surface area contributed by atoms with Gasteiger partial charge in [0, 0.05) is 5.56 Å². The van der Waals surface area contributed by atoms with Crippen LogP contribution < -0.4 is 9.47 Å². The Balaban J connectivity index is 1.86. The lowest BCUT2D eigenvalue weighted by atomic mass is 9.96. The van der Waals surface area contributed by atoms with Crippen molar-refractivity contribution in [3.05, 3.63) is 66.7 Å². The Morgan fingerprint density at radius 1 is 0.882 bits per heavy atom. The molecule has 0 spiro atoms. The highest BCUT2D eigenvalue weighted by atomic mass is 16.7. The maximum absolute atomic E-state index is 11.5. The molecule has 1 fully saturated rings. The highest BCUT2D eigenvalue weighted by Crippen LogP contribution is 2.50. The van der Waals surface area contributed by atoms with E-state index >= 15 is 0 Å². The molecule has 0 bridgehead atoms. The van der Waals surface area contributed by atoms with Crippen LogP contribution >= 0.6 is 0 Å². The van der Waals surface area contributed by atoms with E-state index in [1.165, 1.54) is 7.11 Å². The summed E-state index contributed by atoms with van der Waals surface area (Å²) in [6.07, 6.45) is -8.94.